The maximum Gasteiger partial charge on any atom is 0.265 e. The van der Waals surface area contributed by atoms with Gasteiger partial charge in [-0.15, -0.1) is 0 Å². The zero-order valence-electron chi connectivity index (χ0n) is 21.1. The van der Waals surface area contributed by atoms with Crippen molar-refractivity contribution >= 4 is 35.3 Å². The summed E-state index contributed by atoms with van der Waals surface area (Å²) in [7, 11) is 0. The molecule has 2 aliphatic heterocycles. The van der Waals surface area contributed by atoms with E-state index in [1.165, 1.54) is 23.7 Å². The molecule has 2 heterocycles. The number of hydrogen-bond acceptors (Lipinski definition) is 3. The molecule has 0 radical (unpaired) electrons. The third-order valence-electron chi connectivity index (χ3n) is 6.87. The van der Waals surface area contributed by atoms with Crippen LogP contribution in [0.15, 0.2) is 82.6 Å². The lowest BCUT2D eigenvalue weighted by molar-refractivity contribution is -0.114. The topological polar surface area (TPSA) is 40.6 Å². The molecule has 0 unspecified atom stereocenters. The van der Waals surface area contributed by atoms with Crippen molar-refractivity contribution in [1.29, 1.82) is 0 Å². The molecule has 3 aromatic rings. The fourth-order valence-electron chi connectivity index (χ4n) is 5.30. The highest BCUT2D eigenvalue weighted by Crippen LogP contribution is 2.42. The van der Waals surface area contributed by atoms with E-state index in [1.54, 1.807) is 0 Å². The molecular weight excluding hydrogens is 464 g/mol. The van der Waals surface area contributed by atoms with Crippen molar-refractivity contribution in [2.45, 2.75) is 38.6 Å². The van der Waals surface area contributed by atoms with Crippen LogP contribution in [0.5, 0.6) is 0 Å². The number of fused-ring (bicyclic) bond motifs is 1. The molecule has 0 aliphatic carbocycles. The van der Waals surface area contributed by atoms with Crippen molar-refractivity contribution in [2.24, 2.45) is 11.8 Å². The summed E-state index contributed by atoms with van der Waals surface area (Å²) >= 11 is 1.51. The first-order valence-corrected chi connectivity index (χ1v) is 13.4. The van der Waals surface area contributed by atoms with Crippen LogP contribution in [0.25, 0.3) is 6.08 Å². The van der Waals surface area contributed by atoms with Gasteiger partial charge in [0.1, 0.15) is 0 Å². The van der Waals surface area contributed by atoms with Crippen molar-refractivity contribution in [3.63, 3.8) is 0 Å². The third-order valence-corrected chi connectivity index (χ3v) is 7.94. The number of likely N-dealkylation sites (tertiary alicyclic amines) is 1. The first-order valence-electron chi connectivity index (χ1n) is 12.6. The van der Waals surface area contributed by atoms with Crippen LogP contribution in [0.1, 0.15) is 47.3 Å². The minimum Gasteiger partial charge on any atom is -0.338 e. The van der Waals surface area contributed by atoms with Gasteiger partial charge in [-0.2, -0.15) is 0 Å². The van der Waals surface area contributed by atoms with Crippen LogP contribution in [-0.2, 0) is 11.3 Å². The van der Waals surface area contributed by atoms with Gasteiger partial charge in [0.2, 0.25) is 0 Å². The van der Waals surface area contributed by atoms with E-state index in [4.69, 9.17) is 0 Å². The summed E-state index contributed by atoms with van der Waals surface area (Å²) in [5.74, 6) is 1.15. The summed E-state index contributed by atoms with van der Waals surface area (Å²) in [5, 5.41) is 0. The minimum atomic E-state index is -0.00310. The van der Waals surface area contributed by atoms with Crippen LogP contribution in [0.2, 0.25) is 0 Å². The molecule has 1 saturated heterocycles. The zero-order valence-corrected chi connectivity index (χ0v) is 21.9. The summed E-state index contributed by atoms with van der Waals surface area (Å²) in [4.78, 5) is 32.3. The van der Waals surface area contributed by atoms with E-state index in [9.17, 15) is 9.59 Å². The fraction of sp³-hybridized carbons (Fsp3) is 0.290. The number of amides is 2. The largest absolute Gasteiger partial charge is 0.338 e. The Morgan fingerprint density at radius 3 is 2.42 bits per heavy atom. The van der Waals surface area contributed by atoms with Gasteiger partial charge in [0, 0.05) is 23.5 Å². The van der Waals surface area contributed by atoms with E-state index < -0.39 is 0 Å². The molecule has 5 heteroatoms. The fourth-order valence-corrected chi connectivity index (χ4v) is 6.36. The second-order valence-electron chi connectivity index (χ2n) is 10.2. The van der Waals surface area contributed by atoms with Gasteiger partial charge in [0.25, 0.3) is 11.8 Å². The van der Waals surface area contributed by atoms with Gasteiger partial charge in [-0.1, -0.05) is 79.7 Å². The number of nitrogens with zero attached hydrogens (tertiary/aromatic N) is 2. The van der Waals surface area contributed by atoms with E-state index in [2.05, 4.69) is 45.0 Å². The third kappa shape index (κ3) is 5.26. The normalized spacial score (nSPS) is 21.0. The van der Waals surface area contributed by atoms with Gasteiger partial charge in [0.05, 0.1) is 17.1 Å². The molecule has 36 heavy (non-hydrogen) atoms. The van der Waals surface area contributed by atoms with Gasteiger partial charge in [0.15, 0.2) is 0 Å². The van der Waals surface area contributed by atoms with Gasteiger partial charge in [-0.25, -0.2) is 0 Å². The Morgan fingerprint density at radius 1 is 0.972 bits per heavy atom. The SMILES string of the molecule is Cc1cccc(CN2C(=O)/C(=C\c3ccc(C(=O)N4C[C@H](C)C[C@@H](C)C4)cc3)Sc3ccccc32)c1. The Balaban J connectivity index is 1.38. The van der Waals surface area contributed by atoms with Gasteiger partial charge >= 0.3 is 0 Å². The lowest BCUT2D eigenvalue weighted by atomic mass is 9.91. The zero-order chi connectivity index (χ0) is 25.2. The van der Waals surface area contributed by atoms with Crippen molar-refractivity contribution in [3.05, 3.63) is 100.0 Å². The Hall–Kier alpha value is -3.31. The smallest absolute Gasteiger partial charge is 0.265 e. The Morgan fingerprint density at radius 2 is 1.69 bits per heavy atom. The van der Waals surface area contributed by atoms with Crippen molar-refractivity contribution in [3.8, 4) is 0 Å². The summed E-state index contributed by atoms with van der Waals surface area (Å²) in [6.45, 7) is 8.65. The highest BCUT2D eigenvalue weighted by atomic mass is 32.2. The molecule has 0 N–H and O–H groups in total. The molecular formula is C31H32N2O2S. The number of aryl methyl sites for hydroxylation is 1. The number of carbonyl (C=O) groups is 2. The summed E-state index contributed by atoms with van der Waals surface area (Å²) in [6, 6.07) is 24.0. The molecule has 5 rings (SSSR count). The lowest BCUT2D eigenvalue weighted by Crippen LogP contribution is -2.42. The van der Waals surface area contributed by atoms with Crippen LogP contribution < -0.4 is 4.90 Å². The molecule has 2 aliphatic rings. The molecule has 0 saturated carbocycles. The van der Waals surface area contributed by atoms with Crippen molar-refractivity contribution in [1.82, 2.24) is 4.90 Å². The van der Waals surface area contributed by atoms with Crippen LogP contribution in [-0.4, -0.2) is 29.8 Å². The molecule has 184 valence electrons. The molecule has 2 amide bonds. The first kappa shape index (κ1) is 24.4. The molecule has 3 aromatic carbocycles. The monoisotopic (exact) mass is 496 g/mol. The Labute approximate surface area is 218 Å². The highest BCUT2D eigenvalue weighted by Gasteiger charge is 2.29. The predicted molar refractivity (Wildman–Crippen MR) is 148 cm³/mol. The number of piperidine rings is 1. The Bertz CT molecular complexity index is 1300. The number of para-hydroxylation sites is 1. The minimum absolute atomic E-state index is 0.00310. The average Bonchev–Trinajstić information content (AvgIpc) is 2.86. The number of benzene rings is 3. The van der Waals surface area contributed by atoms with E-state index in [0.29, 0.717) is 28.8 Å². The average molecular weight is 497 g/mol. The second-order valence-corrected chi connectivity index (χ2v) is 11.3. The molecule has 0 spiro atoms. The van der Waals surface area contributed by atoms with Gasteiger partial charge < -0.3 is 9.80 Å². The summed E-state index contributed by atoms with van der Waals surface area (Å²) in [5.41, 5.74) is 4.84. The molecule has 0 bridgehead atoms. The van der Waals surface area contributed by atoms with Crippen LogP contribution in [0.4, 0.5) is 5.69 Å². The molecule has 2 atom stereocenters. The standard InChI is InChI=1S/C31H32N2O2S/c1-21-7-6-8-25(16-21)20-33-27-9-4-5-10-28(27)36-29(31(33)35)17-24-11-13-26(14-12-24)30(34)32-18-22(2)15-23(3)19-32/h4-14,16-17,22-23H,15,18-20H2,1-3H3/b29-17+/t22-,23-/m1/s1. The number of anilines is 1. The lowest BCUT2D eigenvalue weighted by Gasteiger charge is -2.35. The van der Waals surface area contributed by atoms with Crippen LogP contribution >= 0.6 is 11.8 Å². The predicted octanol–water partition coefficient (Wildman–Crippen LogP) is 6.79. The van der Waals surface area contributed by atoms with Crippen molar-refractivity contribution < 1.29 is 9.59 Å². The second kappa shape index (κ2) is 10.4. The van der Waals surface area contributed by atoms with Gasteiger partial charge in [-0.3, -0.25) is 9.59 Å². The first-order chi connectivity index (χ1) is 17.4. The number of rotatable bonds is 4. The van der Waals surface area contributed by atoms with Crippen LogP contribution in [0, 0.1) is 18.8 Å². The maximum atomic E-state index is 13.6. The number of hydrogen-bond donors (Lipinski definition) is 0. The maximum absolute atomic E-state index is 13.6. The molecule has 4 nitrogen and oxygen atoms in total. The summed E-state index contributed by atoms with van der Waals surface area (Å²) in [6.07, 6.45) is 3.11. The summed E-state index contributed by atoms with van der Waals surface area (Å²) < 4.78 is 0. The van der Waals surface area contributed by atoms with E-state index in [-0.39, 0.29) is 11.8 Å². The number of thioether (sulfide) groups is 1. The van der Waals surface area contributed by atoms with E-state index in [1.807, 2.05) is 64.4 Å². The number of carbonyl (C=O) groups excluding carboxylic acids is 2. The highest BCUT2D eigenvalue weighted by molar-refractivity contribution is 8.04. The van der Waals surface area contributed by atoms with E-state index in [0.717, 1.165) is 34.8 Å². The quantitative estimate of drug-likeness (QED) is 0.373. The van der Waals surface area contributed by atoms with Gasteiger partial charge in [-0.05, 0) is 66.6 Å². The van der Waals surface area contributed by atoms with Crippen LogP contribution in [0.3, 0.4) is 0 Å². The van der Waals surface area contributed by atoms with E-state index >= 15 is 0 Å². The molecule has 0 aromatic heterocycles. The Kier molecular flexibility index (Phi) is 7.01. The molecule has 1 fully saturated rings. The van der Waals surface area contributed by atoms with Crippen molar-refractivity contribution in [2.75, 3.05) is 18.0 Å².